The lowest BCUT2D eigenvalue weighted by molar-refractivity contribution is -0.136. The van der Waals surface area contributed by atoms with Gasteiger partial charge >= 0.3 is 5.97 Å². The molecule has 0 radical (unpaired) electrons. The number of methoxy groups -OCH3 is 1. The number of aromatic nitrogens is 1. The van der Waals surface area contributed by atoms with Crippen LogP contribution in [0.2, 0.25) is 0 Å². The maximum atomic E-state index is 12.5. The maximum Gasteiger partial charge on any atom is 0.331 e. The van der Waals surface area contributed by atoms with Crippen molar-refractivity contribution in [2.24, 2.45) is 5.92 Å². The van der Waals surface area contributed by atoms with Gasteiger partial charge in [0.2, 0.25) is 5.78 Å². The molecule has 6 nitrogen and oxygen atoms in total. The number of rotatable bonds is 9. The van der Waals surface area contributed by atoms with Crippen LogP contribution in [0.3, 0.4) is 0 Å². The van der Waals surface area contributed by atoms with Crippen molar-refractivity contribution in [1.29, 1.82) is 0 Å². The van der Waals surface area contributed by atoms with Gasteiger partial charge in [-0.15, -0.1) is 0 Å². The van der Waals surface area contributed by atoms with E-state index in [0.717, 1.165) is 24.4 Å². The lowest BCUT2D eigenvalue weighted by Crippen LogP contribution is -2.14. The minimum Gasteiger partial charge on any atom is -0.504 e. The van der Waals surface area contributed by atoms with E-state index < -0.39 is 5.97 Å². The van der Waals surface area contributed by atoms with Crippen molar-refractivity contribution in [3.05, 3.63) is 52.9 Å². The molecule has 6 heteroatoms. The first kappa shape index (κ1) is 22.3. The number of ketones is 1. The SMILES string of the molecule is COc1cc(/C=C/C(=O)OCC(=O)c2cc(C)n(CCC(C)C)c2C)ccc1O. The second kappa shape index (κ2) is 9.96. The van der Waals surface area contributed by atoms with Crippen molar-refractivity contribution in [3.8, 4) is 11.5 Å². The van der Waals surface area contributed by atoms with E-state index in [2.05, 4.69) is 18.4 Å². The molecule has 0 unspecified atom stereocenters. The number of aryl methyl sites for hydroxylation is 1. The maximum absolute atomic E-state index is 12.5. The summed E-state index contributed by atoms with van der Waals surface area (Å²) in [4.78, 5) is 24.5. The number of benzene rings is 1. The first-order chi connectivity index (χ1) is 13.7. The Bertz CT molecular complexity index is 908. The highest BCUT2D eigenvalue weighted by molar-refractivity contribution is 6.00. The summed E-state index contributed by atoms with van der Waals surface area (Å²) in [6, 6.07) is 6.56. The van der Waals surface area contributed by atoms with Gasteiger partial charge in [0, 0.05) is 29.6 Å². The molecule has 0 fully saturated rings. The number of ether oxygens (including phenoxy) is 2. The monoisotopic (exact) mass is 399 g/mol. The lowest BCUT2D eigenvalue weighted by Gasteiger charge is -2.11. The highest BCUT2D eigenvalue weighted by Crippen LogP contribution is 2.26. The topological polar surface area (TPSA) is 77.8 Å². The van der Waals surface area contributed by atoms with E-state index in [-0.39, 0.29) is 18.1 Å². The van der Waals surface area contributed by atoms with Crippen LogP contribution in [0, 0.1) is 19.8 Å². The fourth-order valence-corrected chi connectivity index (χ4v) is 3.04. The summed E-state index contributed by atoms with van der Waals surface area (Å²) < 4.78 is 12.3. The minimum absolute atomic E-state index is 0.0174. The van der Waals surface area contributed by atoms with Gasteiger partial charge in [-0.05, 0) is 56.0 Å². The van der Waals surface area contributed by atoms with Gasteiger partial charge in [0.05, 0.1) is 7.11 Å². The van der Waals surface area contributed by atoms with Crippen LogP contribution in [0.1, 0.15) is 47.6 Å². The van der Waals surface area contributed by atoms with E-state index in [1.54, 1.807) is 12.1 Å². The smallest absolute Gasteiger partial charge is 0.331 e. The van der Waals surface area contributed by atoms with E-state index in [1.807, 2.05) is 19.9 Å². The average molecular weight is 399 g/mol. The van der Waals surface area contributed by atoms with Crippen molar-refractivity contribution in [2.75, 3.05) is 13.7 Å². The van der Waals surface area contributed by atoms with E-state index in [1.165, 1.54) is 25.3 Å². The van der Waals surface area contributed by atoms with Gasteiger partial charge in [0.25, 0.3) is 0 Å². The third-order valence-electron chi connectivity index (χ3n) is 4.77. The summed E-state index contributed by atoms with van der Waals surface area (Å²) in [5, 5.41) is 9.59. The van der Waals surface area contributed by atoms with Gasteiger partial charge in [0.15, 0.2) is 18.1 Å². The number of hydrogen-bond donors (Lipinski definition) is 1. The van der Waals surface area contributed by atoms with Crippen LogP contribution in [-0.4, -0.2) is 35.1 Å². The third-order valence-corrected chi connectivity index (χ3v) is 4.77. The summed E-state index contributed by atoms with van der Waals surface area (Å²) in [7, 11) is 1.45. The van der Waals surface area contributed by atoms with E-state index >= 15 is 0 Å². The predicted molar refractivity (Wildman–Crippen MR) is 112 cm³/mol. The van der Waals surface area contributed by atoms with E-state index in [9.17, 15) is 14.7 Å². The van der Waals surface area contributed by atoms with Crippen LogP contribution >= 0.6 is 0 Å². The largest absolute Gasteiger partial charge is 0.504 e. The van der Waals surface area contributed by atoms with Crippen LogP contribution < -0.4 is 4.74 Å². The molecule has 0 saturated carbocycles. The molecule has 29 heavy (non-hydrogen) atoms. The zero-order valence-corrected chi connectivity index (χ0v) is 17.7. The molecule has 1 heterocycles. The summed E-state index contributed by atoms with van der Waals surface area (Å²) >= 11 is 0. The molecule has 156 valence electrons. The molecule has 0 saturated heterocycles. The molecule has 0 atom stereocenters. The van der Waals surface area contributed by atoms with Gasteiger partial charge in [-0.2, -0.15) is 0 Å². The van der Waals surface area contributed by atoms with Gasteiger partial charge in [-0.3, -0.25) is 4.79 Å². The highest BCUT2D eigenvalue weighted by atomic mass is 16.5. The van der Waals surface area contributed by atoms with E-state index in [0.29, 0.717) is 22.8 Å². The Balaban J connectivity index is 1.96. The van der Waals surface area contributed by atoms with Gasteiger partial charge < -0.3 is 19.1 Å². The Morgan fingerprint density at radius 3 is 2.59 bits per heavy atom. The molecule has 0 bridgehead atoms. The molecular formula is C23H29NO5. The number of Topliss-reactive ketones (excluding diaryl/α,β-unsaturated/α-hetero) is 1. The lowest BCUT2D eigenvalue weighted by atomic mass is 10.1. The molecule has 0 aliphatic rings. The number of phenols is 1. The van der Waals surface area contributed by atoms with E-state index in [4.69, 9.17) is 9.47 Å². The summed E-state index contributed by atoms with van der Waals surface area (Å²) in [5.41, 5.74) is 3.18. The fraction of sp³-hybridized carbons (Fsp3) is 0.391. The van der Waals surface area contributed by atoms with Gasteiger partial charge in [0.1, 0.15) is 0 Å². The summed E-state index contributed by atoms with van der Waals surface area (Å²) in [6.45, 7) is 8.78. The second-order valence-corrected chi connectivity index (χ2v) is 7.41. The third kappa shape index (κ3) is 5.98. The highest BCUT2D eigenvalue weighted by Gasteiger charge is 2.17. The molecule has 1 aromatic carbocycles. The average Bonchev–Trinajstić information content (AvgIpc) is 2.97. The normalized spacial score (nSPS) is 11.2. The van der Waals surface area contributed by atoms with Crippen molar-refractivity contribution in [3.63, 3.8) is 0 Å². The van der Waals surface area contributed by atoms with Gasteiger partial charge in [-0.25, -0.2) is 4.79 Å². The number of esters is 1. The molecule has 1 aromatic heterocycles. The standard InChI is InChI=1S/C23H29NO5/c1-15(2)10-11-24-16(3)12-19(17(24)4)21(26)14-29-23(27)9-7-18-6-8-20(25)22(13-18)28-5/h6-9,12-13,15,25H,10-11,14H2,1-5H3/b9-7+. The first-order valence-corrected chi connectivity index (χ1v) is 9.64. The first-order valence-electron chi connectivity index (χ1n) is 9.64. The number of carbonyl (C=O) groups is 2. The van der Waals surface area contributed by atoms with Crippen molar-refractivity contribution >= 4 is 17.8 Å². The molecule has 2 rings (SSSR count). The Labute approximate surface area is 171 Å². The molecule has 1 N–H and O–H groups in total. The Morgan fingerprint density at radius 1 is 1.21 bits per heavy atom. The molecule has 0 aliphatic heterocycles. The van der Waals surface area contributed by atoms with Crippen LogP contribution in [0.15, 0.2) is 30.3 Å². The summed E-state index contributed by atoms with van der Waals surface area (Å²) in [5.74, 6) is 0.0740. The van der Waals surface area contributed by atoms with Crippen molar-refractivity contribution in [1.82, 2.24) is 4.57 Å². The number of hydrogen-bond acceptors (Lipinski definition) is 5. The number of nitrogens with zero attached hydrogens (tertiary/aromatic N) is 1. The van der Waals surface area contributed by atoms with Crippen LogP contribution in [0.25, 0.3) is 6.08 Å². The zero-order chi connectivity index (χ0) is 21.6. The minimum atomic E-state index is -0.612. The predicted octanol–water partition coefficient (Wildman–Crippen LogP) is 4.30. The quantitative estimate of drug-likeness (QED) is 0.386. The number of phenolic OH excluding ortho intramolecular Hbond substituents is 1. The van der Waals surface area contributed by atoms with Crippen molar-refractivity contribution < 1.29 is 24.2 Å². The number of carbonyl (C=O) groups excluding carboxylic acids is 2. The summed E-state index contributed by atoms with van der Waals surface area (Å²) in [6.07, 6.45) is 3.81. The molecule has 0 spiro atoms. The molecule has 0 aliphatic carbocycles. The Kier molecular flexibility index (Phi) is 7.65. The van der Waals surface area contributed by atoms with Crippen molar-refractivity contribution in [2.45, 2.75) is 40.7 Å². The molecule has 2 aromatic rings. The van der Waals surface area contributed by atoms with Crippen LogP contribution in [0.4, 0.5) is 0 Å². The van der Waals surface area contributed by atoms with Crippen LogP contribution in [-0.2, 0) is 16.1 Å². The second-order valence-electron chi connectivity index (χ2n) is 7.41. The Hall–Kier alpha value is -3.02. The molecular weight excluding hydrogens is 370 g/mol. The van der Waals surface area contributed by atoms with Gasteiger partial charge in [-0.1, -0.05) is 19.9 Å². The number of aromatic hydroxyl groups is 1. The van der Waals surface area contributed by atoms with Crippen LogP contribution in [0.5, 0.6) is 11.5 Å². The Morgan fingerprint density at radius 2 is 1.93 bits per heavy atom. The molecule has 0 amide bonds. The zero-order valence-electron chi connectivity index (χ0n) is 17.7. The fourth-order valence-electron chi connectivity index (χ4n) is 3.04.